The molecule has 33 heavy (non-hydrogen) atoms. The zero-order valence-corrected chi connectivity index (χ0v) is 20.3. The first-order valence-corrected chi connectivity index (χ1v) is 12.6. The molecule has 0 fully saturated rings. The summed E-state index contributed by atoms with van der Waals surface area (Å²) < 4.78 is 39.8. The zero-order valence-electron chi connectivity index (χ0n) is 17.9. The van der Waals surface area contributed by atoms with Gasteiger partial charge in [-0.05, 0) is 61.0 Å². The van der Waals surface area contributed by atoms with E-state index >= 15 is 0 Å². The molecular formula is C24H23BrN2O5S. The maximum absolute atomic E-state index is 13.4. The maximum atomic E-state index is 13.4. The van der Waals surface area contributed by atoms with Gasteiger partial charge >= 0.3 is 0 Å². The summed E-state index contributed by atoms with van der Waals surface area (Å²) in [7, 11) is -3.95. The van der Waals surface area contributed by atoms with Gasteiger partial charge in [-0.3, -0.25) is 9.10 Å². The largest absolute Gasteiger partial charge is 0.486 e. The van der Waals surface area contributed by atoms with E-state index in [0.29, 0.717) is 30.4 Å². The number of hydrogen-bond donors (Lipinski definition) is 1. The molecule has 1 heterocycles. The molecule has 1 amide bonds. The van der Waals surface area contributed by atoms with E-state index in [2.05, 4.69) is 21.2 Å². The number of ether oxygens (including phenoxy) is 2. The molecule has 0 aliphatic carbocycles. The zero-order chi connectivity index (χ0) is 23.4. The number of fused-ring (bicyclic) bond motifs is 1. The highest BCUT2D eigenvalue weighted by Crippen LogP contribution is 2.32. The van der Waals surface area contributed by atoms with Crippen molar-refractivity contribution in [2.45, 2.75) is 17.9 Å². The third-order valence-electron chi connectivity index (χ3n) is 5.18. The van der Waals surface area contributed by atoms with Crippen LogP contribution in [0.25, 0.3) is 0 Å². The second-order valence-electron chi connectivity index (χ2n) is 7.49. The van der Waals surface area contributed by atoms with Gasteiger partial charge in [-0.25, -0.2) is 8.42 Å². The van der Waals surface area contributed by atoms with Crippen molar-refractivity contribution in [2.24, 2.45) is 0 Å². The van der Waals surface area contributed by atoms with Gasteiger partial charge in [0.1, 0.15) is 19.8 Å². The second kappa shape index (κ2) is 9.84. The van der Waals surface area contributed by atoms with Crippen molar-refractivity contribution >= 4 is 37.5 Å². The number of sulfonamides is 1. The Hall–Kier alpha value is -3.04. The molecule has 172 valence electrons. The predicted molar refractivity (Wildman–Crippen MR) is 129 cm³/mol. The first kappa shape index (κ1) is 23.1. The fraction of sp³-hybridized carbons (Fsp3) is 0.208. The van der Waals surface area contributed by atoms with E-state index in [1.165, 1.54) is 12.1 Å². The van der Waals surface area contributed by atoms with Crippen molar-refractivity contribution in [3.8, 4) is 11.5 Å². The maximum Gasteiger partial charge on any atom is 0.264 e. The number of nitrogens with zero attached hydrogens (tertiary/aromatic N) is 1. The predicted octanol–water partition coefficient (Wildman–Crippen LogP) is 4.29. The van der Waals surface area contributed by atoms with Gasteiger partial charge in [0, 0.05) is 4.47 Å². The number of hydrogen-bond acceptors (Lipinski definition) is 5. The van der Waals surface area contributed by atoms with Crippen LogP contribution in [0.5, 0.6) is 11.5 Å². The van der Waals surface area contributed by atoms with Crippen LogP contribution in [-0.4, -0.2) is 34.1 Å². The van der Waals surface area contributed by atoms with Gasteiger partial charge in [0.2, 0.25) is 5.91 Å². The van der Waals surface area contributed by atoms with E-state index in [1.54, 1.807) is 48.5 Å². The summed E-state index contributed by atoms with van der Waals surface area (Å²) in [6, 6.07) is 20.0. The molecule has 0 saturated heterocycles. The second-order valence-corrected chi connectivity index (χ2v) is 10.3. The lowest BCUT2D eigenvalue weighted by atomic mass is 10.1. The summed E-state index contributed by atoms with van der Waals surface area (Å²) >= 11 is 3.36. The van der Waals surface area contributed by atoms with Gasteiger partial charge in [-0.15, -0.1) is 0 Å². The topological polar surface area (TPSA) is 84.9 Å². The molecular weight excluding hydrogens is 508 g/mol. The molecule has 3 aromatic carbocycles. The van der Waals surface area contributed by atoms with E-state index in [1.807, 2.05) is 19.1 Å². The van der Waals surface area contributed by atoms with Crippen LogP contribution >= 0.6 is 15.9 Å². The number of anilines is 1. The van der Waals surface area contributed by atoms with Gasteiger partial charge in [-0.2, -0.15) is 0 Å². The summed E-state index contributed by atoms with van der Waals surface area (Å²) in [4.78, 5) is 13.1. The quantitative estimate of drug-likeness (QED) is 0.492. The fourth-order valence-electron chi connectivity index (χ4n) is 3.47. The van der Waals surface area contributed by atoms with Gasteiger partial charge in [0.15, 0.2) is 11.5 Å². The average molecular weight is 531 g/mol. The Morgan fingerprint density at radius 2 is 1.67 bits per heavy atom. The number of carbonyl (C=O) groups excluding carboxylic acids is 1. The lowest BCUT2D eigenvalue weighted by Crippen LogP contribution is -2.41. The van der Waals surface area contributed by atoms with Crippen LogP contribution < -0.4 is 19.1 Å². The first-order valence-electron chi connectivity index (χ1n) is 10.4. The van der Waals surface area contributed by atoms with Crippen molar-refractivity contribution in [2.75, 3.05) is 24.1 Å². The number of benzene rings is 3. The number of amides is 1. The lowest BCUT2D eigenvalue weighted by molar-refractivity contribution is -0.120. The monoisotopic (exact) mass is 530 g/mol. The fourth-order valence-corrected chi connectivity index (χ4v) is 5.18. The summed E-state index contributed by atoms with van der Waals surface area (Å²) in [6.45, 7) is 2.43. The Morgan fingerprint density at radius 1 is 1.00 bits per heavy atom. The third kappa shape index (κ3) is 5.31. The van der Waals surface area contributed by atoms with Crippen LogP contribution in [0.3, 0.4) is 0 Å². The molecule has 9 heteroatoms. The van der Waals surface area contributed by atoms with Crippen molar-refractivity contribution < 1.29 is 22.7 Å². The van der Waals surface area contributed by atoms with E-state index < -0.39 is 15.9 Å². The first-order chi connectivity index (χ1) is 15.8. The molecule has 0 unspecified atom stereocenters. The summed E-state index contributed by atoms with van der Waals surface area (Å²) in [5, 5.41) is 2.89. The molecule has 3 aromatic rings. The minimum Gasteiger partial charge on any atom is -0.486 e. The summed E-state index contributed by atoms with van der Waals surface area (Å²) in [5.41, 5.74) is 1.22. The summed E-state index contributed by atoms with van der Waals surface area (Å²) in [6.07, 6.45) is 0. The Morgan fingerprint density at radius 3 is 2.36 bits per heavy atom. The van der Waals surface area contributed by atoms with Gasteiger partial charge < -0.3 is 14.8 Å². The Balaban J connectivity index is 1.56. The SMILES string of the molecule is C[C@@H](NC(=O)CN(c1ccc(Br)cc1)S(=O)(=O)c1ccccc1)c1ccc2c(c1)OCCO2. The Bertz CT molecular complexity index is 1230. The molecule has 1 aliphatic heterocycles. The third-order valence-corrected chi connectivity index (χ3v) is 7.49. The molecule has 0 radical (unpaired) electrons. The number of rotatable bonds is 7. The van der Waals surface area contributed by atoms with E-state index in [4.69, 9.17) is 9.47 Å². The standard InChI is InChI=1S/C24H23BrN2O5S/c1-17(18-7-12-22-23(15-18)32-14-13-31-22)26-24(28)16-27(20-10-8-19(25)9-11-20)33(29,30)21-5-3-2-4-6-21/h2-12,15,17H,13-14,16H2,1H3,(H,26,28)/t17-/m1/s1. The van der Waals surface area contributed by atoms with Crippen molar-refractivity contribution in [1.29, 1.82) is 0 Å². The molecule has 0 aromatic heterocycles. The minimum absolute atomic E-state index is 0.112. The van der Waals surface area contributed by atoms with E-state index in [-0.39, 0.29) is 17.5 Å². The summed E-state index contributed by atoms with van der Waals surface area (Å²) in [5.74, 6) is 0.863. The molecule has 0 bridgehead atoms. The molecule has 1 N–H and O–H groups in total. The molecule has 0 saturated carbocycles. The molecule has 7 nitrogen and oxygen atoms in total. The highest BCUT2D eigenvalue weighted by atomic mass is 79.9. The Labute approximate surface area is 201 Å². The Kier molecular flexibility index (Phi) is 6.90. The highest BCUT2D eigenvalue weighted by molar-refractivity contribution is 9.10. The van der Waals surface area contributed by atoms with Crippen LogP contribution in [-0.2, 0) is 14.8 Å². The molecule has 4 rings (SSSR count). The normalized spacial score (nSPS) is 13.8. The van der Waals surface area contributed by atoms with Crippen LogP contribution in [0.4, 0.5) is 5.69 Å². The lowest BCUT2D eigenvalue weighted by Gasteiger charge is -2.25. The number of nitrogens with one attached hydrogen (secondary N) is 1. The minimum atomic E-state index is -3.95. The van der Waals surface area contributed by atoms with Crippen LogP contribution in [0.2, 0.25) is 0 Å². The molecule has 1 atom stereocenters. The number of halogens is 1. The van der Waals surface area contributed by atoms with Crippen LogP contribution in [0.15, 0.2) is 82.2 Å². The van der Waals surface area contributed by atoms with Crippen molar-refractivity contribution in [3.63, 3.8) is 0 Å². The van der Waals surface area contributed by atoms with Crippen molar-refractivity contribution in [1.82, 2.24) is 5.32 Å². The average Bonchev–Trinajstić information content (AvgIpc) is 2.83. The van der Waals surface area contributed by atoms with Crippen LogP contribution in [0, 0.1) is 0 Å². The van der Waals surface area contributed by atoms with E-state index in [0.717, 1.165) is 14.3 Å². The van der Waals surface area contributed by atoms with Gasteiger partial charge in [-0.1, -0.05) is 40.2 Å². The van der Waals surface area contributed by atoms with Gasteiger partial charge in [0.05, 0.1) is 16.6 Å². The molecule has 0 spiro atoms. The van der Waals surface area contributed by atoms with Crippen molar-refractivity contribution in [3.05, 3.63) is 82.8 Å². The van der Waals surface area contributed by atoms with Gasteiger partial charge in [0.25, 0.3) is 10.0 Å². The molecule has 1 aliphatic rings. The van der Waals surface area contributed by atoms with E-state index in [9.17, 15) is 13.2 Å². The number of carbonyl (C=O) groups is 1. The highest BCUT2D eigenvalue weighted by Gasteiger charge is 2.27. The smallest absolute Gasteiger partial charge is 0.264 e. The van der Waals surface area contributed by atoms with Crippen LogP contribution in [0.1, 0.15) is 18.5 Å².